The van der Waals surface area contributed by atoms with Crippen LogP contribution in [0.2, 0.25) is 0 Å². The number of carbonyl (C=O) groups excluding carboxylic acids is 3. The van der Waals surface area contributed by atoms with E-state index in [9.17, 15) is 18.8 Å². The summed E-state index contributed by atoms with van der Waals surface area (Å²) < 4.78 is 14.6. The normalized spacial score (nSPS) is 17.5. The summed E-state index contributed by atoms with van der Waals surface area (Å²) in [7, 11) is 0. The van der Waals surface area contributed by atoms with Crippen LogP contribution in [0, 0.1) is 19.7 Å². The molecule has 0 unspecified atom stereocenters. The third kappa shape index (κ3) is 4.70. The molecule has 0 radical (unpaired) electrons. The Kier molecular flexibility index (Phi) is 6.32. The third-order valence-corrected chi connectivity index (χ3v) is 6.59. The number of anilines is 2. The van der Waals surface area contributed by atoms with Crippen LogP contribution in [0.5, 0.6) is 0 Å². The molecule has 2 fully saturated rings. The fourth-order valence-corrected chi connectivity index (χ4v) is 4.62. The summed E-state index contributed by atoms with van der Waals surface area (Å²) in [6, 6.07) is 10.3. The zero-order valence-electron chi connectivity index (χ0n) is 18.0. The Morgan fingerprint density at radius 2 is 1.84 bits per heavy atom. The standard InChI is InChI=1S/C24H24FN3O3S/c1-15-5-7-18(11-16(15)2)26-22(29)14-28-23(30)21(32-24(28)31)13-17-6-8-20(19(25)12-17)27-9-3-4-10-27/h5-8,11-13H,3-4,9-10,14H2,1-2H3,(H,26,29)/b21-13-. The third-order valence-electron chi connectivity index (χ3n) is 5.68. The minimum atomic E-state index is -0.556. The number of imide groups is 1. The lowest BCUT2D eigenvalue weighted by molar-refractivity contribution is -0.127. The van der Waals surface area contributed by atoms with Gasteiger partial charge in [0.1, 0.15) is 12.4 Å². The second kappa shape index (κ2) is 9.16. The number of benzene rings is 2. The fraction of sp³-hybridized carbons (Fsp3) is 0.292. The van der Waals surface area contributed by atoms with Gasteiger partial charge in [-0.25, -0.2) is 4.39 Å². The van der Waals surface area contributed by atoms with Crippen molar-refractivity contribution in [3.8, 4) is 0 Å². The number of hydrogen-bond acceptors (Lipinski definition) is 5. The van der Waals surface area contributed by atoms with Crippen LogP contribution in [0.1, 0.15) is 29.5 Å². The highest BCUT2D eigenvalue weighted by molar-refractivity contribution is 8.18. The molecule has 32 heavy (non-hydrogen) atoms. The Hall–Kier alpha value is -3.13. The van der Waals surface area contributed by atoms with E-state index in [1.54, 1.807) is 18.2 Å². The number of aryl methyl sites for hydroxylation is 2. The van der Waals surface area contributed by atoms with Gasteiger partial charge in [0, 0.05) is 18.8 Å². The molecule has 6 nitrogen and oxygen atoms in total. The van der Waals surface area contributed by atoms with E-state index in [2.05, 4.69) is 5.32 Å². The van der Waals surface area contributed by atoms with E-state index in [-0.39, 0.29) is 17.3 Å². The number of halogens is 1. The summed E-state index contributed by atoms with van der Waals surface area (Å²) in [4.78, 5) is 40.5. The molecule has 0 aliphatic carbocycles. The van der Waals surface area contributed by atoms with Crippen molar-refractivity contribution in [2.75, 3.05) is 29.9 Å². The first-order valence-corrected chi connectivity index (χ1v) is 11.3. The second-order valence-corrected chi connectivity index (χ2v) is 9.01. The van der Waals surface area contributed by atoms with Crippen LogP contribution >= 0.6 is 11.8 Å². The topological polar surface area (TPSA) is 69.7 Å². The van der Waals surface area contributed by atoms with Crippen molar-refractivity contribution in [3.63, 3.8) is 0 Å². The van der Waals surface area contributed by atoms with Gasteiger partial charge >= 0.3 is 0 Å². The van der Waals surface area contributed by atoms with Crippen LogP contribution in [0.25, 0.3) is 6.08 Å². The highest BCUT2D eigenvalue weighted by Crippen LogP contribution is 2.33. The first-order valence-electron chi connectivity index (χ1n) is 10.5. The predicted octanol–water partition coefficient (Wildman–Crippen LogP) is 4.72. The molecule has 0 aromatic heterocycles. The maximum absolute atomic E-state index is 14.6. The Labute approximate surface area is 190 Å². The number of hydrogen-bond donors (Lipinski definition) is 1. The van der Waals surface area contributed by atoms with Gasteiger partial charge in [0.2, 0.25) is 5.91 Å². The van der Waals surface area contributed by atoms with Crippen LogP contribution in [0.3, 0.4) is 0 Å². The minimum Gasteiger partial charge on any atom is -0.369 e. The first kappa shape index (κ1) is 22.1. The molecule has 2 saturated heterocycles. The molecule has 0 spiro atoms. The molecule has 0 atom stereocenters. The lowest BCUT2D eigenvalue weighted by Gasteiger charge is -2.18. The molecule has 0 bridgehead atoms. The Balaban J connectivity index is 1.44. The van der Waals surface area contributed by atoms with Gasteiger partial charge in [-0.2, -0.15) is 0 Å². The van der Waals surface area contributed by atoms with Crippen molar-refractivity contribution in [1.82, 2.24) is 4.90 Å². The number of thioether (sulfide) groups is 1. The van der Waals surface area contributed by atoms with E-state index in [1.807, 2.05) is 30.9 Å². The quantitative estimate of drug-likeness (QED) is 0.664. The van der Waals surface area contributed by atoms with E-state index in [0.717, 1.165) is 53.7 Å². The maximum atomic E-state index is 14.6. The molecule has 2 aliphatic heterocycles. The summed E-state index contributed by atoms with van der Waals surface area (Å²) in [6.45, 7) is 5.20. The summed E-state index contributed by atoms with van der Waals surface area (Å²) >= 11 is 0.750. The molecule has 0 saturated carbocycles. The van der Waals surface area contributed by atoms with Gasteiger partial charge in [-0.15, -0.1) is 0 Å². The van der Waals surface area contributed by atoms with E-state index in [0.29, 0.717) is 16.9 Å². The number of nitrogens with one attached hydrogen (secondary N) is 1. The monoisotopic (exact) mass is 453 g/mol. The van der Waals surface area contributed by atoms with Gasteiger partial charge < -0.3 is 10.2 Å². The molecular weight excluding hydrogens is 429 g/mol. The zero-order chi connectivity index (χ0) is 22.8. The zero-order valence-corrected chi connectivity index (χ0v) is 18.8. The summed E-state index contributed by atoms with van der Waals surface area (Å²) in [5.74, 6) is -1.37. The lowest BCUT2D eigenvalue weighted by atomic mass is 10.1. The van der Waals surface area contributed by atoms with Gasteiger partial charge in [0.25, 0.3) is 11.1 Å². The highest BCUT2D eigenvalue weighted by atomic mass is 32.2. The van der Waals surface area contributed by atoms with Crippen molar-refractivity contribution in [1.29, 1.82) is 0 Å². The molecule has 1 N–H and O–H groups in total. The molecule has 2 aliphatic rings. The van der Waals surface area contributed by atoms with Crippen LogP contribution in [0.15, 0.2) is 41.3 Å². The lowest BCUT2D eigenvalue weighted by Crippen LogP contribution is -2.36. The van der Waals surface area contributed by atoms with Gasteiger partial charge in [-0.3, -0.25) is 19.3 Å². The molecule has 2 aromatic rings. The van der Waals surface area contributed by atoms with E-state index in [1.165, 1.54) is 12.1 Å². The van der Waals surface area contributed by atoms with Crippen molar-refractivity contribution >= 4 is 46.3 Å². The SMILES string of the molecule is Cc1ccc(NC(=O)CN2C(=O)S/C(=C\c3ccc(N4CCCC4)c(F)c3)C2=O)cc1C. The number of nitrogens with zero attached hydrogens (tertiary/aromatic N) is 2. The van der Waals surface area contributed by atoms with Gasteiger partial charge in [-0.1, -0.05) is 12.1 Å². The van der Waals surface area contributed by atoms with Gasteiger partial charge in [0.05, 0.1) is 10.6 Å². The van der Waals surface area contributed by atoms with Crippen LogP contribution in [0.4, 0.5) is 20.6 Å². The molecule has 4 rings (SSSR count). The van der Waals surface area contributed by atoms with E-state index in [4.69, 9.17) is 0 Å². The molecule has 2 aromatic carbocycles. The number of amides is 3. The van der Waals surface area contributed by atoms with Crippen molar-refractivity contribution in [3.05, 3.63) is 63.8 Å². The molecular formula is C24H24FN3O3S. The highest BCUT2D eigenvalue weighted by Gasteiger charge is 2.36. The number of rotatable bonds is 5. The summed E-state index contributed by atoms with van der Waals surface area (Å²) in [6.07, 6.45) is 3.58. The summed E-state index contributed by atoms with van der Waals surface area (Å²) in [5.41, 5.74) is 3.78. The van der Waals surface area contributed by atoms with Crippen LogP contribution in [-0.4, -0.2) is 41.6 Å². The predicted molar refractivity (Wildman–Crippen MR) is 125 cm³/mol. The van der Waals surface area contributed by atoms with Gasteiger partial charge in [-0.05, 0) is 85.5 Å². The van der Waals surface area contributed by atoms with Crippen molar-refractivity contribution < 1.29 is 18.8 Å². The number of carbonyl (C=O) groups is 3. The largest absolute Gasteiger partial charge is 0.369 e. The average Bonchev–Trinajstić information content (AvgIpc) is 3.36. The van der Waals surface area contributed by atoms with Crippen LogP contribution in [-0.2, 0) is 9.59 Å². The molecule has 2 heterocycles. The molecule has 3 amide bonds. The Morgan fingerprint density at radius 3 is 2.53 bits per heavy atom. The van der Waals surface area contributed by atoms with Gasteiger partial charge in [0.15, 0.2) is 0 Å². The average molecular weight is 454 g/mol. The minimum absolute atomic E-state index is 0.169. The van der Waals surface area contributed by atoms with E-state index < -0.39 is 17.1 Å². The van der Waals surface area contributed by atoms with Crippen molar-refractivity contribution in [2.45, 2.75) is 26.7 Å². The fourth-order valence-electron chi connectivity index (χ4n) is 3.78. The van der Waals surface area contributed by atoms with Crippen molar-refractivity contribution in [2.24, 2.45) is 0 Å². The smallest absolute Gasteiger partial charge is 0.294 e. The second-order valence-electron chi connectivity index (χ2n) is 8.02. The Bertz CT molecular complexity index is 1130. The molecule has 166 valence electrons. The Morgan fingerprint density at radius 1 is 1.09 bits per heavy atom. The van der Waals surface area contributed by atoms with E-state index >= 15 is 0 Å². The summed E-state index contributed by atoms with van der Waals surface area (Å²) in [5, 5.41) is 2.19. The molecule has 8 heteroatoms. The van der Waals surface area contributed by atoms with Crippen LogP contribution < -0.4 is 10.2 Å². The maximum Gasteiger partial charge on any atom is 0.294 e. The first-order chi connectivity index (χ1) is 15.3.